The number of carbonyl (C=O) groups excluding carboxylic acids is 1. The van der Waals surface area contributed by atoms with Crippen LogP contribution in [0.25, 0.3) is 0 Å². The average molecular weight is 261 g/mol. The van der Waals surface area contributed by atoms with Gasteiger partial charge in [0.25, 0.3) is 0 Å². The molecule has 0 saturated heterocycles. The van der Waals surface area contributed by atoms with Gasteiger partial charge in [-0.25, -0.2) is 0 Å². The third kappa shape index (κ3) is 3.88. The third-order valence-electron chi connectivity index (χ3n) is 3.91. The molecule has 0 aliphatic heterocycles. The number of ketones is 1. The molecular weight excluding hydrogens is 242 g/mol. The standard InChI is InChI=1S/C15H19NO3/c17-14(10-9-12-5-2-1-3-6-12)11-13-7-4-8-15(13)16(18)19/h1-3,5-6,13,15H,4,7-11H2/t13-,15-/m0/s1. The van der Waals surface area contributed by atoms with E-state index in [0.29, 0.717) is 19.3 Å². The Labute approximate surface area is 113 Å². The Balaban J connectivity index is 1.80. The molecule has 0 bridgehead atoms. The first-order valence-electron chi connectivity index (χ1n) is 6.86. The monoisotopic (exact) mass is 261 g/mol. The molecule has 0 radical (unpaired) electrons. The van der Waals surface area contributed by atoms with E-state index in [1.807, 2.05) is 30.3 Å². The van der Waals surface area contributed by atoms with Gasteiger partial charge in [-0.1, -0.05) is 30.3 Å². The van der Waals surface area contributed by atoms with Gasteiger partial charge in [0.05, 0.1) is 0 Å². The smallest absolute Gasteiger partial charge is 0.216 e. The van der Waals surface area contributed by atoms with E-state index in [-0.39, 0.29) is 16.6 Å². The van der Waals surface area contributed by atoms with Gasteiger partial charge in [0.15, 0.2) is 0 Å². The molecule has 0 aromatic heterocycles. The topological polar surface area (TPSA) is 60.2 Å². The molecule has 1 fully saturated rings. The van der Waals surface area contributed by atoms with Gasteiger partial charge in [0, 0.05) is 30.1 Å². The summed E-state index contributed by atoms with van der Waals surface area (Å²) in [7, 11) is 0. The highest BCUT2D eigenvalue weighted by Crippen LogP contribution is 2.30. The van der Waals surface area contributed by atoms with Crippen LogP contribution in [0.4, 0.5) is 0 Å². The number of rotatable bonds is 6. The lowest BCUT2D eigenvalue weighted by Gasteiger charge is -2.11. The lowest BCUT2D eigenvalue weighted by molar-refractivity contribution is -0.528. The number of hydrogen-bond donors (Lipinski definition) is 0. The first-order chi connectivity index (χ1) is 9.16. The van der Waals surface area contributed by atoms with Crippen LogP contribution < -0.4 is 0 Å². The van der Waals surface area contributed by atoms with Crippen molar-refractivity contribution >= 4 is 5.78 Å². The zero-order chi connectivity index (χ0) is 13.7. The summed E-state index contributed by atoms with van der Waals surface area (Å²) >= 11 is 0. The van der Waals surface area contributed by atoms with Crippen molar-refractivity contribution in [2.24, 2.45) is 5.92 Å². The SMILES string of the molecule is O=C(CCc1ccccc1)C[C@@H]1CCC[C@@H]1[N+](=O)[O-]. The number of carbonyl (C=O) groups is 1. The van der Waals surface area contributed by atoms with Gasteiger partial charge in [0.2, 0.25) is 6.04 Å². The molecule has 1 aromatic carbocycles. The van der Waals surface area contributed by atoms with Gasteiger partial charge in [-0.3, -0.25) is 14.9 Å². The van der Waals surface area contributed by atoms with Gasteiger partial charge >= 0.3 is 0 Å². The predicted molar refractivity (Wildman–Crippen MR) is 72.5 cm³/mol. The lowest BCUT2D eigenvalue weighted by Crippen LogP contribution is -2.25. The quantitative estimate of drug-likeness (QED) is 0.584. The maximum Gasteiger partial charge on any atom is 0.216 e. The molecule has 0 spiro atoms. The number of nitrogens with zero attached hydrogens (tertiary/aromatic N) is 1. The van der Waals surface area contributed by atoms with Gasteiger partial charge in [-0.15, -0.1) is 0 Å². The molecule has 4 heteroatoms. The van der Waals surface area contributed by atoms with Crippen molar-refractivity contribution in [1.82, 2.24) is 0 Å². The molecule has 1 aliphatic rings. The first-order valence-corrected chi connectivity index (χ1v) is 6.86. The van der Waals surface area contributed by atoms with Crippen molar-refractivity contribution < 1.29 is 9.72 Å². The van der Waals surface area contributed by atoms with Crippen LogP contribution in [-0.4, -0.2) is 16.7 Å². The van der Waals surface area contributed by atoms with E-state index in [2.05, 4.69) is 0 Å². The van der Waals surface area contributed by atoms with Crippen LogP contribution in [0.2, 0.25) is 0 Å². The maximum absolute atomic E-state index is 11.9. The fourth-order valence-corrected chi connectivity index (χ4v) is 2.86. The highest BCUT2D eigenvalue weighted by atomic mass is 16.6. The largest absolute Gasteiger partial charge is 0.300 e. The fourth-order valence-electron chi connectivity index (χ4n) is 2.86. The van der Waals surface area contributed by atoms with Crippen LogP contribution in [0.3, 0.4) is 0 Å². The number of aryl methyl sites for hydroxylation is 1. The van der Waals surface area contributed by atoms with E-state index >= 15 is 0 Å². The number of Topliss-reactive ketones (excluding diaryl/α,β-unsaturated/α-hetero) is 1. The number of benzene rings is 1. The van der Waals surface area contributed by atoms with E-state index in [0.717, 1.165) is 24.8 Å². The van der Waals surface area contributed by atoms with E-state index < -0.39 is 6.04 Å². The Bertz CT molecular complexity index is 444. The maximum atomic E-state index is 11.9. The predicted octanol–water partition coefficient (Wildman–Crippen LogP) is 3.02. The molecule has 2 atom stereocenters. The molecule has 4 nitrogen and oxygen atoms in total. The Morgan fingerprint density at radius 1 is 1.26 bits per heavy atom. The molecule has 1 aromatic rings. The molecule has 19 heavy (non-hydrogen) atoms. The summed E-state index contributed by atoms with van der Waals surface area (Å²) in [6.45, 7) is 0. The minimum absolute atomic E-state index is 0.0433. The fraction of sp³-hybridized carbons (Fsp3) is 0.533. The van der Waals surface area contributed by atoms with Crippen LogP contribution in [0.5, 0.6) is 0 Å². The van der Waals surface area contributed by atoms with Crippen LogP contribution in [-0.2, 0) is 11.2 Å². The van der Waals surface area contributed by atoms with Crippen LogP contribution in [0.1, 0.15) is 37.7 Å². The molecule has 0 amide bonds. The van der Waals surface area contributed by atoms with Crippen molar-refractivity contribution in [2.45, 2.75) is 44.6 Å². The van der Waals surface area contributed by atoms with Crippen molar-refractivity contribution in [1.29, 1.82) is 0 Å². The zero-order valence-electron chi connectivity index (χ0n) is 11.0. The second kappa shape index (κ2) is 6.45. The van der Waals surface area contributed by atoms with E-state index in [4.69, 9.17) is 0 Å². The molecule has 102 valence electrons. The Morgan fingerprint density at radius 2 is 2.00 bits per heavy atom. The second-order valence-corrected chi connectivity index (χ2v) is 5.27. The second-order valence-electron chi connectivity index (χ2n) is 5.27. The zero-order valence-corrected chi connectivity index (χ0v) is 11.0. The summed E-state index contributed by atoms with van der Waals surface area (Å²) in [5.74, 6) is 0.112. The highest BCUT2D eigenvalue weighted by molar-refractivity contribution is 5.79. The summed E-state index contributed by atoms with van der Waals surface area (Å²) < 4.78 is 0. The summed E-state index contributed by atoms with van der Waals surface area (Å²) in [6, 6.07) is 9.37. The van der Waals surface area contributed by atoms with E-state index in [9.17, 15) is 14.9 Å². The van der Waals surface area contributed by atoms with Crippen molar-refractivity contribution in [3.63, 3.8) is 0 Å². The molecule has 2 rings (SSSR count). The lowest BCUT2D eigenvalue weighted by atomic mass is 9.94. The van der Waals surface area contributed by atoms with Gasteiger partial charge < -0.3 is 0 Å². The summed E-state index contributed by atoms with van der Waals surface area (Å²) in [6.07, 6.45) is 3.92. The van der Waals surface area contributed by atoms with Crippen LogP contribution in [0, 0.1) is 16.0 Å². The average Bonchev–Trinajstić information content (AvgIpc) is 2.86. The van der Waals surface area contributed by atoms with Gasteiger partial charge in [-0.2, -0.15) is 0 Å². The third-order valence-corrected chi connectivity index (χ3v) is 3.91. The van der Waals surface area contributed by atoms with Gasteiger partial charge in [-0.05, 0) is 24.8 Å². The Morgan fingerprint density at radius 3 is 2.68 bits per heavy atom. The van der Waals surface area contributed by atoms with Crippen LogP contribution >= 0.6 is 0 Å². The van der Waals surface area contributed by atoms with Crippen LogP contribution in [0.15, 0.2) is 30.3 Å². The molecule has 0 N–H and O–H groups in total. The normalized spacial score (nSPS) is 22.3. The Kier molecular flexibility index (Phi) is 4.66. The van der Waals surface area contributed by atoms with Crippen molar-refractivity contribution in [3.05, 3.63) is 46.0 Å². The Hall–Kier alpha value is -1.71. The molecular formula is C15H19NO3. The minimum Gasteiger partial charge on any atom is -0.300 e. The van der Waals surface area contributed by atoms with E-state index in [1.165, 1.54) is 0 Å². The number of nitro groups is 1. The number of hydrogen-bond acceptors (Lipinski definition) is 3. The minimum atomic E-state index is -0.499. The molecule has 0 heterocycles. The van der Waals surface area contributed by atoms with Gasteiger partial charge in [0.1, 0.15) is 5.78 Å². The first kappa shape index (κ1) is 13.7. The molecule has 0 unspecified atom stereocenters. The molecule has 1 saturated carbocycles. The molecule has 1 aliphatic carbocycles. The summed E-state index contributed by atoms with van der Waals surface area (Å²) in [5, 5.41) is 10.9. The summed E-state index contributed by atoms with van der Waals surface area (Å²) in [4.78, 5) is 22.6. The van der Waals surface area contributed by atoms with Crippen molar-refractivity contribution in [3.8, 4) is 0 Å². The van der Waals surface area contributed by atoms with E-state index in [1.54, 1.807) is 0 Å². The highest BCUT2D eigenvalue weighted by Gasteiger charge is 2.37. The van der Waals surface area contributed by atoms with Crippen molar-refractivity contribution in [2.75, 3.05) is 0 Å². The summed E-state index contributed by atoms with van der Waals surface area (Å²) in [5.41, 5.74) is 1.15.